The second-order valence-electron chi connectivity index (χ2n) is 16.5. The fraction of sp³-hybridized carbons (Fsp3) is 0.0526. The molecular weight excluding hydrogens is 727 g/mol. The molecule has 0 fully saturated rings. The molecule has 0 saturated carbocycles. The molecule has 3 aromatic heterocycles. The molecule has 0 amide bonds. The number of hydrogen-bond acceptors (Lipinski definition) is 0. The van der Waals surface area contributed by atoms with Crippen molar-refractivity contribution < 1.29 is 0 Å². The summed E-state index contributed by atoms with van der Waals surface area (Å²) in [5.41, 5.74) is 21.1. The van der Waals surface area contributed by atoms with E-state index in [4.69, 9.17) is 0 Å². The standard InChI is InChI=1S/C57H39N3/c1-3-15-39(16-4-1)50-35-36-51(40-17-5-2-6-18-40)59(50)41-31-27-37(28-32-41)38-29-33-42(34-30-38)60-52-26-14-10-22-46(52)53-54-55(58-56(53)60)45-21-9-13-25-49(45)57(54)47-23-11-7-19-43(47)44-20-8-12-24-48(44)57/h1-23,25-36,48,58H,24H2. The first kappa shape index (κ1) is 33.4. The van der Waals surface area contributed by atoms with Crippen LogP contribution in [0.2, 0.25) is 0 Å². The van der Waals surface area contributed by atoms with Gasteiger partial charge in [0.25, 0.3) is 0 Å². The Morgan fingerprint density at radius 3 is 1.70 bits per heavy atom. The Balaban J connectivity index is 0.936. The second kappa shape index (κ2) is 12.7. The summed E-state index contributed by atoms with van der Waals surface area (Å²) in [5.74, 6) is 0.321. The number of H-pyrrole nitrogens is 1. The van der Waals surface area contributed by atoms with Gasteiger partial charge >= 0.3 is 0 Å². The van der Waals surface area contributed by atoms with Crippen molar-refractivity contribution in [3.8, 4) is 56.3 Å². The molecule has 2 unspecified atom stereocenters. The van der Waals surface area contributed by atoms with E-state index in [-0.39, 0.29) is 5.41 Å². The molecule has 3 aliphatic rings. The molecule has 3 nitrogen and oxygen atoms in total. The lowest BCUT2D eigenvalue weighted by Gasteiger charge is -2.35. The average molecular weight is 766 g/mol. The Labute approximate surface area is 348 Å². The minimum atomic E-state index is -0.285. The molecule has 0 saturated heterocycles. The smallest absolute Gasteiger partial charge is 0.123 e. The van der Waals surface area contributed by atoms with E-state index in [2.05, 4.69) is 226 Å². The zero-order valence-corrected chi connectivity index (χ0v) is 32.9. The molecule has 1 N–H and O–H groups in total. The van der Waals surface area contributed by atoms with Crippen molar-refractivity contribution in [3.63, 3.8) is 0 Å². The Hall–Kier alpha value is -7.62. The third-order valence-corrected chi connectivity index (χ3v) is 13.6. The number of fused-ring (bicyclic) bond motifs is 14. The minimum absolute atomic E-state index is 0.285. The van der Waals surface area contributed by atoms with E-state index in [0.717, 1.165) is 23.4 Å². The minimum Gasteiger partial charge on any atom is -0.340 e. The number of nitrogens with one attached hydrogen (secondary N) is 1. The van der Waals surface area contributed by atoms with Gasteiger partial charge in [-0.1, -0.05) is 170 Å². The van der Waals surface area contributed by atoms with E-state index >= 15 is 0 Å². The average Bonchev–Trinajstić information content (AvgIpc) is 4.13. The normalized spacial score (nSPS) is 17.2. The topological polar surface area (TPSA) is 25.6 Å². The van der Waals surface area contributed by atoms with E-state index in [9.17, 15) is 0 Å². The maximum absolute atomic E-state index is 4.09. The summed E-state index contributed by atoms with van der Waals surface area (Å²) in [6, 6.07) is 71.2. The highest BCUT2D eigenvalue weighted by molar-refractivity contribution is 6.15. The van der Waals surface area contributed by atoms with Crippen LogP contribution in [0.5, 0.6) is 0 Å². The van der Waals surface area contributed by atoms with E-state index in [1.54, 1.807) is 0 Å². The molecule has 0 aliphatic heterocycles. The van der Waals surface area contributed by atoms with Gasteiger partial charge in [-0.2, -0.15) is 0 Å². The summed E-state index contributed by atoms with van der Waals surface area (Å²) in [6.45, 7) is 0. The van der Waals surface area contributed by atoms with Crippen LogP contribution in [0, 0.1) is 5.92 Å². The van der Waals surface area contributed by atoms with Crippen molar-refractivity contribution in [1.29, 1.82) is 0 Å². The molecule has 60 heavy (non-hydrogen) atoms. The molecule has 1 spiro atoms. The number of nitrogens with zero attached hydrogens (tertiary/aromatic N) is 2. The highest BCUT2D eigenvalue weighted by Crippen LogP contribution is 2.67. The molecule has 3 heterocycles. The van der Waals surface area contributed by atoms with Gasteiger partial charge in [0.15, 0.2) is 0 Å². The van der Waals surface area contributed by atoms with E-state index in [1.165, 1.54) is 89.0 Å². The van der Waals surface area contributed by atoms with E-state index in [1.807, 2.05) is 0 Å². The van der Waals surface area contributed by atoms with Gasteiger partial charge in [0.1, 0.15) is 5.65 Å². The van der Waals surface area contributed by atoms with Crippen molar-refractivity contribution in [3.05, 3.63) is 235 Å². The summed E-state index contributed by atoms with van der Waals surface area (Å²) in [5, 5.41) is 2.62. The van der Waals surface area contributed by atoms with Crippen LogP contribution in [0.4, 0.5) is 0 Å². The van der Waals surface area contributed by atoms with Crippen LogP contribution in [0.25, 0.3) is 83.8 Å². The number of para-hydroxylation sites is 1. The van der Waals surface area contributed by atoms with Gasteiger partial charge in [0.2, 0.25) is 0 Å². The van der Waals surface area contributed by atoms with Gasteiger partial charge in [0.05, 0.1) is 28.0 Å². The Morgan fingerprint density at radius 1 is 0.483 bits per heavy atom. The van der Waals surface area contributed by atoms with Crippen LogP contribution in [0.15, 0.2) is 212 Å². The largest absolute Gasteiger partial charge is 0.340 e. The monoisotopic (exact) mass is 765 g/mol. The number of benzene rings is 7. The van der Waals surface area contributed by atoms with Crippen molar-refractivity contribution in [2.24, 2.45) is 5.92 Å². The molecule has 3 aliphatic carbocycles. The number of hydrogen-bond donors (Lipinski definition) is 1. The predicted molar refractivity (Wildman–Crippen MR) is 248 cm³/mol. The van der Waals surface area contributed by atoms with Crippen LogP contribution >= 0.6 is 0 Å². The van der Waals surface area contributed by atoms with Gasteiger partial charge in [-0.15, -0.1) is 0 Å². The highest BCUT2D eigenvalue weighted by Gasteiger charge is 2.57. The van der Waals surface area contributed by atoms with E-state index < -0.39 is 0 Å². The quantitative estimate of drug-likeness (QED) is 0.181. The first-order valence-corrected chi connectivity index (χ1v) is 21.0. The maximum Gasteiger partial charge on any atom is 0.123 e. The van der Waals surface area contributed by atoms with Gasteiger partial charge in [0, 0.05) is 39.2 Å². The van der Waals surface area contributed by atoms with Crippen LogP contribution in [0.3, 0.4) is 0 Å². The third kappa shape index (κ3) is 4.49. The van der Waals surface area contributed by atoms with Crippen LogP contribution in [0.1, 0.15) is 28.7 Å². The zero-order valence-electron chi connectivity index (χ0n) is 32.9. The molecule has 282 valence electrons. The SMILES string of the molecule is C1=CCC2C(=C1)c1ccccc1C21c2ccccc2-c2[nH]c3c(c21)c1ccccc1n3-c1ccc(-c2ccc(-n3c(-c4ccccc4)ccc3-c3ccccc3)cc2)cc1. The molecular formula is C57H39N3. The number of aromatic amines is 1. The molecule has 3 heteroatoms. The predicted octanol–water partition coefficient (Wildman–Crippen LogP) is 14.2. The fourth-order valence-corrected chi connectivity index (χ4v) is 11.2. The molecule has 0 bridgehead atoms. The fourth-order valence-electron chi connectivity index (χ4n) is 11.2. The lowest BCUT2D eigenvalue weighted by Crippen LogP contribution is -2.32. The lowest BCUT2D eigenvalue weighted by atomic mass is 9.65. The second-order valence-corrected chi connectivity index (χ2v) is 16.5. The van der Waals surface area contributed by atoms with Crippen molar-refractivity contribution in [2.75, 3.05) is 0 Å². The summed E-state index contributed by atoms with van der Waals surface area (Å²) >= 11 is 0. The van der Waals surface area contributed by atoms with Gasteiger partial charge in [-0.25, -0.2) is 0 Å². The Bertz CT molecular complexity index is 3320. The first-order chi connectivity index (χ1) is 29.8. The summed E-state index contributed by atoms with van der Waals surface area (Å²) in [6.07, 6.45) is 8.01. The highest BCUT2D eigenvalue weighted by atomic mass is 15.1. The lowest BCUT2D eigenvalue weighted by molar-refractivity contribution is 0.498. The molecule has 0 radical (unpaired) electrons. The van der Waals surface area contributed by atoms with Crippen LogP contribution < -0.4 is 0 Å². The van der Waals surface area contributed by atoms with E-state index in [0.29, 0.717) is 5.92 Å². The molecule has 7 aromatic carbocycles. The Kier molecular flexibility index (Phi) is 7.06. The first-order valence-electron chi connectivity index (χ1n) is 21.0. The molecule has 10 aromatic rings. The van der Waals surface area contributed by atoms with Crippen LogP contribution in [-0.2, 0) is 5.41 Å². The number of allylic oxidation sites excluding steroid dienone is 4. The Morgan fingerprint density at radius 2 is 1.03 bits per heavy atom. The summed E-state index contributed by atoms with van der Waals surface area (Å²) in [7, 11) is 0. The van der Waals surface area contributed by atoms with Gasteiger partial charge < -0.3 is 9.55 Å². The number of rotatable bonds is 5. The van der Waals surface area contributed by atoms with Crippen LogP contribution in [-0.4, -0.2) is 14.1 Å². The van der Waals surface area contributed by atoms with Crippen molar-refractivity contribution in [2.45, 2.75) is 11.8 Å². The summed E-state index contributed by atoms with van der Waals surface area (Å²) in [4.78, 5) is 4.09. The van der Waals surface area contributed by atoms with Crippen molar-refractivity contribution >= 4 is 27.5 Å². The summed E-state index contributed by atoms with van der Waals surface area (Å²) < 4.78 is 4.83. The van der Waals surface area contributed by atoms with Gasteiger partial charge in [-0.3, -0.25) is 4.57 Å². The third-order valence-electron chi connectivity index (χ3n) is 13.6. The molecule has 2 atom stereocenters. The van der Waals surface area contributed by atoms with Crippen molar-refractivity contribution in [1.82, 2.24) is 14.1 Å². The molecule has 13 rings (SSSR count). The zero-order chi connectivity index (χ0) is 39.4. The maximum atomic E-state index is 4.09. The van der Waals surface area contributed by atoms with Gasteiger partial charge in [-0.05, 0) is 93.4 Å². The number of aromatic nitrogens is 3.